The van der Waals surface area contributed by atoms with Crippen molar-refractivity contribution in [2.45, 2.75) is 31.8 Å². The molecule has 0 bridgehead atoms. The van der Waals surface area contributed by atoms with Gasteiger partial charge in [0.15, 0.2) is 11.5 Å². The van der Waals surface area contributed by atoms with Gasteiger partial charge in [-0.1, -0.05) is 19.9 Å². The summed E-state index contributed by atoms with van der Waals surface area (Å²) in [5.74, 6) is 1.22. The quantitative estimate of drug-likeness (QED) is 0.552. The first kappa shape index (κ1) is 23.8. The number of hydrogen-bond acceptors (Lipinski definition) is 7. The molecule has 1 amide bonds. The largest absolute Gasteiger partial charge is 0.491 e. The standard InChI is InChI=1S/C22H28N2O7S/c1-4-24(5-2)32(27,28)21-10-16(7-6-15(21)3)22(26)23-12-17(25)13-29-18-8-9-19-20(11-18)31-14-30-19/h6-11,17,25H,4-5,12-14H2,1-3H3,(H,23,26). The molecule has 9 nitrogen and oxygen atoms in total. The van der Waals surface area contributed by atoms with Gasteiger partial charge in [-0.15, -0.1) is 0 Å². The van der Waals surface area contributed by atoms with E-state index in [-0.39, 0.29) is 30.4 Å². The first-order valence-electron chi connectivity index (χ1n) is 10.4. The molecule has 0 fully saturated rings. The Morgan fingerprint density at radius 2 is 1.88 bits per heavy atom. The summed E-state index contributed by atoms with van der Waals surface area (Å²) in [7, 11) is -3.70. The van der Waals surface area contributed by atoms with E-state index in [2.05, 4.69) is 5.32 Å². The van der Waals surface area contributed by atoms with E-state index in [1.807, 2.05) is 0 Å². The summed E-state index contributed by atoms with van der Waals surface area (Å²) in [6.07, 6.45) is -0.964. The summed E-state index contributed by atoms with van der Waals surface area (Å²) in [6.45, 7) is 5.94. The second-order valence-electron chi connectivity index (χ2n) is 7.26. The topological polar surface area (TPSA) is 114 Å². The maximum Gasteiger partial charge on any atom is 0.251 e. The van der Waals surface area contributed by atoms with Crippen molar-refractivity contribution in [1.82, 2.24) is 9.62 Å². The zero-order chi connectivity index (χ0) is 23.3. The van der Waals surface area contributed by atoms with E-state index in [9.17, 15) is 18.3 Å². The SMILES string of the molecule is CCN(CC)S(=O)(=O)c1cc(C(=O)NCC(O)COc2ccc3c(c2)OCO3)ccc1C. The van der Waals surface area contributed by atoms with Crippen molar-refractivity contribution < 1.29 is 32.5 Å². The van der Waals surface area contributed by atoms with Crippen molar-refractivity contribution in [2.75, 3.05) is 33.0 Å². The van der Waals surface area contributed by atoms with Crippen LogP contribution in [0.15, 0.2) is 41.3 Å². The molecule has 2 N–H and O–H groups in total. The summed E-state index contributed by atoms with van der Waals surface area (Å²) in [5, 5.41) is 12.8. The first-order valence-corrected chi connectivity index (χ1v) is 11.8. The van der Waals surface area contributed by atoms with Gasteiger partial charge < -0.3 is 24.6 Å². The highest BCUT2D eigenvalue weighted by molar-refractivity contribution is 7.89. The number of ether oxygens (including phenoxy) is 3. The molecule has 174 valence electrons. The molecule has 0 aromatic heterocycles. The van der Waals surface area contributed by atoms with Crippen molar-refractivity contribution in [3.8, 4) is 17.2 Å². The van der Waals surface area contributed by atoms with Crippen LogP contribution in [0.2, 0.25) is 0 Å². The van der Waals surface area contributed by atoms with Crippen LogP contribution in [0.4, 0.5) is 0 Å². The van der Waals surface area contributed by atoms with E-state index in [0.29, 0.717) is 35.9 Å². The van der Waals surface area contributed by atoms with Gasteiger partial charge in [-0.2, -0.15) is 4.31 Å². The molecule has 1 aliphatic heterocycles. The number of carbonyl (C=O) groups is 1. The maximum absolute atomic E-state index is 12.9. The number of amides is 1. The van der Waals surface area contributed by atoms with Crippen LogP contribution in [0, 0.1) is 6.92 Å². The Hall–Kier alpha value is -2.82. The third-order valence-corrected chi connectivity index (χ3v) is 7.25. The van der Waals surface area contributed by atoms with Gasteiger partial charge in [0.05, 0.1) is 4.90 Å². The average molecular weight is 465 g/mol. The van der Waals surface area contributed by atoms with E-state index < -0.39 is 22.0 Å². The lowest BCUT2D eigenvalue weighted by Gasteiger charge is -2.20. The fourth-order valence-electron chi connectivity index (χ4n) is 3.25. The normalized spacial score (nSPS) is 13.8. The van der Waals surface area contributed by atoms with Crippen molar-refractivity contribution in [2.24, 2.45) is 0 Å². The predicted molar refractivity (Wildman–Crippen MR) is 118 cm³/mol. The van der Waals surface area contributed by atoms with E-state index >= 15 is 0 Å². The number of benzene rings is 2. The molecule has 2 aromatic carbocycles. The lowest BCUT2D eigenvalue weighted by molar-refractivity contribution is 0.0843. The monoisotopic (exact) mass is 464 g/mol. The molecule has 0 spiro atoms. The van der Waals surface area contributed by atoms with Gasteiger partial charge >= 0.3 is 0 Å². The fraction of sp³-hybridized carbons (Fsp3) is 0.409. The van der Waals surface area contributed by atoms with E-state index in [0.717, 1.165) is 0 Å². The van der Waals surface area contributed by atoms with Crippen LogP contribution in [0.25, 0.3) is 0 Å². The highest BCUT2D eigenvalue weighted by atomic mass is 32.2. The van der Waals surface area contributed by atoms with Crippen LogP contribution in [0.1, 0.15) is 29.8 Å². The molecule has 0 aliphatic carbocycles. The molecule has 1 atom stereocenters. The lowest BCUT2D eigenvalue weighted by Crippen LogP contribution is -2.35. The number of rotatable bonds is 10. The lowest BCUT2D eigenvalue weighted by atomic mass is 10.1. The highest BCUT2D eigenvalue weighted by Gasteiger charge is 2.25. The number of hydrogen-bond donors (Lipinski definition) is 2. The molecular formula is C22H28N2O7S. The summed E-state index contributed by atoms with van der Waals surface area (Å²) in [6, 6.07) is 9.60. The first-order chi connectivity index (χ1) is 15.3. The third kappa shape index (κ3) is 5.32. The summed E-state index contributed by atoms with van der Waals surface area (Å²) < 4.78 is 43.1. The van der Waals surface area contributed by atoms with E-state index in [1.54, 1.807) is 51.1 Å². The van der Waals surface area contributed by atoms with Gasteiger partial charge in [0.1, 0.15) is 18.5 Å². The Morgan fingerprint density at radius 1 is 1.16 bits per heavy atom. The van der Waals surface area contributed by atoms with Crippen LogP contribution in [0.3, 0.4) is 0 Å². The fourth-order valence-corrected chi connectivity index (χ4v) is 4.96. The molecule has 1 aliphatic rings. The van der Waals surface area contributed by atoms with Crippen LogP contribution in [-0.4, -0.2) is 62.9 Å². The Balaban J connectivity index is 1.58. The zero-order valence-corrected chi connectivity index (χ0v) is 19.1. The number of nitrogens with zero attached hydrogens (tertiary/aromatic N) is 1. The third-order valence-electron chi connectivity index (χ3n) is 5.06. The van der Waals surface area contributed by atoms with Crippen molar-refractivity contribution in [3.05, 3.63) is 47.5 Å². The average Bonchev–Trinajstić information content (AvgIpc) is 3.24. The number of carbonyl (C=O) groups excluding carboxylic acids is 1. The second kappa shape index (κ2) is 10.2. The van der Waals surface area contributed by atoms with E-state index in [4.69, 9.17) is 14.2 Å². The van der Waals surface area contributed by atoms with Gasteiger partial charge in [0.25, 0.3) is 5.91 Å². The molecule has 1 unspecified atom stereocenters. The maximum atomic E-state index is 12.9. The number of aliphatic hydroxyl groups is 1. The van der Waals surface area contributed by atoms with Gasteiger partial charge in [-0.05, 0) is 36.8 Å². The molecule has 32 heavy (non-hydrogen) atoms. The van der Waals surface area contributed by atoms with Gasteiger partial charge in [-0.3, -0.25) is 4.79 Å². The Kier molecular flexibility index (Phi) is 7.60. The Morgan fingerprint density at radius 3 is 2.59 bits per heavy atom. The molecule has 0 radical (unpaired) electrons. The summed E-state index contributed by atoms with van der Waals surface area (Å²) >= 11 is 0. The number of aliphatic hydroxyl groups excluding tert-OH is 1. The zero-order valence-electron chi connectivity index (χ0n) is 18.3. The second-order valence-corrected chi connectivity index (χ2v) is 9.17. The van der Waals surface area contributed by atoms with Crippen LogP contribution in [0.5, 0.6) is 17.2 Å². The van der Waals surface area contributed by atoms with Gasteiger partial charge in [0, 0.05) is 31.3 Å². The minimum Gasteiger partial charge on any atom is -0.491 e. The predicted octanol–water partition coefficient (Wildman–Crippen LogP) is 1.92. The highest BCUT2D eigenvalue weighted by Crippen LogP contribution is 2.35. The minimum atomic E-state index is -3.70. The summed E-state index contributed by atoms with van der Waals surface area (Å²) in [5.41, 5.74) is 0.760. The van der Waals surface area contributed by atoms with Gasteiger partial charge in [-0.25, -0.2) is 8.42 Å². The van der Waals surface area contributed by atoms with Crippen molar-refractivity contribution in [3.63, 3.8) is 0 Å². The van der Waals surface area contributed by atoms with E-state index in [1.165, 1.54) is 10.4 Å². The van der Waals surface area contributed by atoms with Crippen LogP contribution < -0.4 is 19.5 Å². The molecule has 2 aromatic rings. The minimum absolute atomic E-state index is 0.0462. The summed E-state index contributed by atoms with van der Waals surface area (Å²) in [4.78, 5) is 12.6. The van der Waals surface area contributed by atoms with Crippen LogP contribution in [-0.2, 0) is 10.0 Å². The molecule has 1 heterocycles. The number of nitrogens with one attached hydrogen (secondary N) is 1. The van der Waals surface area contributed by atoms with Crippen molar-refractivity contribution >= 4 is 15.9 Å². The smallest absolute Gasteiger partial charge is 0.251 e. The Labute approximate surface area is 187 Å². The molecule has 0 saturated heterocycles. The van der Waals surface area contributed by atoms with Crippen molar-refractivity contribution in [1.29, 1.82) is 0 Å². The Bertz CT molecular complexity index is 1070. The number of sulfonamides is 1. The molecule has 0 saturated carbocycles. The molecular weight excluding hydrogens is 436 g/mol. The number of fused-ring (bicyclic) bond motifs is 1. The number of aryl methyl sites for hydroxylation is 1. The van der Waals surface area contributed by atoms with Gasteiger partial charge in [0.2, 0.25) is 16.8 Å². The van der Waals surface area contributed by atoms with Crippen LogP contribution >= 0.6 is 0 Å². The molecule has 3 rings (SSSR count). The molecule has 10 heteroatoms.